The molecule has 0 fully saturated rings. The Kier molecular flexibility index (Phi) is 3.68. The Balaban J connectivity index is 2.02. The smallest absolute Gasteiger partial charge is 0.142 e. The highest BCUT2D eigenvalue weighted by Gasteiger charge is 2.17. The van der Waals surface area contributed by atoms with Crippen molar-refractivity contribution in [3.8, 4) is 22.3 Å². The molecule has 126 valence electrons. The third kappa shape index (κ3) is 2.64. The van der Waals surface area contributed by atoms with Gasteiger partial charge in [-0.25, -0.2) is 4.39 Å². The van der Waals surface area contributed by atoms with Gasteiger partial charge in [0.2, 0.25) is 0 Å². The summed E-state index contributed by atoms with van der Waals surface area (Å²) in [6.45, 7) is 5.90. The van der Waals surface area contributed by atoms with Crippen molar-refractivity contribution in [2.45, 2.75) is 27.2 Å². The molecule has 0 N–H and O–H groups in total. The van der Waals surface area contributed by atoms with Crippen molar-refractivity contribution < 1.29 is 13.3 Å². The topological polar surface area (TPSA) is 39.2 Å². The molecule has 2 aromatic heterocycles. The van der Waals surface area contributed by atoms with E-state index < -0.39 is 0 Å². The van der Waals surface area contributed by atoms with Crippen LogP contribution in [0.1, 0.15) is 24.1 Å². The van der Waals surface area contributed by atoms with Gasteiger partial charge in [0.05, 0.1) is 5.69 Å². The van der Waals surface area contributed by atoms with E-state index in [4.69, 9.17) is 8.94 Å². The zero-order valence-corrected chi connectivity index (χ0v) is 14.4. The average Bonchev–Trinajstić information content (AvgIpc) is 3.17. The van der Waals surface area contributed by atoms with Gasteiger partial charge in [0.1, 0.15) is 22.9 Å². The first-order valence-corrected chi connectivity index (χ1v) is 8.32. The van der Waals surface area contributed by atoms with E-state index in [9.17, 15) is 4.39 Å². The summed E-state index contributed by atoms with van der Waals surface area (Å²) in [5.41, 5.74) is 5.53. The normalized spacial score (nSPS) is 11.4. The van der Waals surface area contributed by atoms with Gasteiger partial charge < -0.3 is 8.94 Å². The largest absolute Gasteiger partial charge is 0.460 e. The Morgan fingerprint density at radius 1 is 1.00 bits per heavy atom. The molecular formula is C21H18FNO2. The monoisotopic (exact) mass is 335 g/mol. The van der Waals surface area contributed by atoms with Crippen LogP contribution >= 0.6 is 0 Å². The number of aromatic nitrogens is 1. The van der Waals surface area contributed by atoms with Crippen molar-refractivity contribution in [2.75, 3.05) is 0 Å². The second kappa shape index (κ2) is 5.88. The molecule has 2 aromatic carbocycles. The lowest BCUT2D eigenvalue weighted by Crippen LogP contribution is -1.86. The summed E-state index contributed by atoms with van der Waals surface area (Å²) >= 11 is 0. The molecule has 0 bridgehead atoms. The van der Waals surface area contributed by atoms with Crippen LogP contribution in [0, 0.1) is 19.7 Å². The second-order valence-electron chi connectivity index (χ2n) is 6.21. The number of benzene rings is 2. The molecule has 0 aliphatic carbocycles. The first-order valence-electron chi connectivity index (χ1n) is 8.32. The number of furan rings is 1. The maximum atomic E-state index is 13.3. The molecule has 4 aromatic rings. The minimum atomic E-state index is -0.254. The molecule has 2 heterocycles. The van der Waals surface area contributed by atoms with Crippen LogP contribution in [0.4, 0.5) is 4.39 Å². The third-order valence-electron chi connectivity index (χ3n) is 4.49. The molecule has 0 unspecified atom stereocenters. The fraction of sp³-hybridized carbons (Fsp3) is 0.190. The van der Waals surface area contributed by atoms with Gasteiger partial charge in [-0.3, -0.25) is 0 Å². The molecule has 4 heteroatoms. The second-order valence-corrected chi connectivity index (χ2v) is 6.21. The Hall–Kier alpha value is -2.88. The minimum absolute atomic E-state index is 0.254. The fourth-order valence-corrected chi connectivity index (χ4v) is 3.26. The van der Waals surface area contributed by atoms with E-state index >= 15 is 0 Å². The highest BCUT2D eigenvalue weighted by Crippen LogP contribution is 2.37. The third-order valence-corrected chi connectivity index (χ3v) is 4.49. The molecule has 0 spiro atoms. The van der Waals surface area contributed by atoms with Gasteiger partial charge in [-0.05, 0) is 55.3 Å². The fourth-order valence-electron chi connectivity index (χ4n) is 3.26. The molecule has 25 heavy (non-hydrogen) atoms. The molecule has 0 amide bonds. The zero-order valence-electron chi connectivity index (χ0n) is 14.4. The first kappa shape index (κ1) is 15.6. The van der Waals surface area contributed by atoms with E-state index in [0.29, 0.717) is 0 Å². The standard InChI is InChI=1S/C21H18FNO2/c1-4-18-10-16-9-15(20-12(2)23-25-13(20)3)11-19(21(16)24-18)14-5-7-17(22)8-6-14/h5-11H,4H2,1-3H3. The summed E-state index contributed by atoms with van der Waals surface area (Å²) in [4.78, 5) is 0. The number of aryl methyl sites for hydroxylation is 3. The predicted molar refractivity (Wildman–Crippen MR) is 96.0 cm³/mol. The van der Waals surface area contributed by atoms with Crippen molar-refractivity contribution in [3.63, 3.8) is 0 Å². The number of fused-ring (bicyclic) bond motifs is 1. The van der Waals surface area contributed by atoms with Gasteiger partial charge in [0, 0.05) is 22.9 Å². The van der Waals surface area contributed by atoms with Crippen LogP contribution in [0.15, 0.2) is 51.4 Å². The van der Waals surface area contributed by atoms with Crippen LogP contribution < -0.4 is 0 Å². The van der Waals surface area contributed by atoms with Gasteiger partial charge in [-0.15, -0.1) is 0 Å². The van der Waals surface area contributed by atoms with E-state index in [1.54, 1.807) is 12.1 Å². The van der Waals surface area contributed by atoms with Crippen LogP contribution in [-0.4, -0.2) is 5.16 Å². The highest BCUT2D eigenvalue weighted by molar-refractivity contribution is 5.97. The first-order chi connectivity index (χ1) is 12.1. The van der Waals surface area contributed by atoms with Crippen molar-refractivity contribution in [2.24, 2.45) is 0 Å². The number of rotatable bonds is 3. The summed E-state index contributed by atoms with van der Waals surface area (Å²) < 4.78 is 24.7. The molecular weight excluding hydrogens is 317 g/mol. The summed E-state index contributed by atoms with van der Waals surface area (Å²) in [7, 11) is 0. The van der Waals surface area contributed by atoms with Crippen LogP contribution in [0.25, 0.3) is 33.2 Å². The lowest BCUT2D eigenvalue weighted by atomic mass is 9.96. The van der Waals surface area contributed by atoms with E-state index in [1.807, 2.05) is 13.8 Å². The summed E-state index contributed by atoms with van der Waals surface area (Å²) in [5.74, 6) is 1.45. The maximum Gasteiger partial charge on any atom is 0.142 e. The maximum absolute atomic E-state index is 13.3. The highest BCUT2D eigenvalue weighted by atomic mass is 19.1. The molecule has 0 radical (unpaired) electrons. The quantitative estimate of drug-likeness (QED) is 0.456. The van der Waals surface area contributed by atoms with Gasteiger partial charge >= 0.3 is 0 Å². The minimum Gasteiger partial charge on any atom is -0.460 e. The predicted octanol–water partition coefficient (Wildman–Crippen LogP) is 6.07. The lowest BCUT2D eigenvalue weighted by molar-refractivity contribution is 0.393. The van der Waals surface area contributed by atoms with Gasteiger partial charge in [-0.2, -0.15) is 0 Å². The van der Waals surface area contributed by atoms with Crippen molar-refractivity contribution in [3.05, 3.63) is 65.5 Å². The number of hydrogen-bond donors (Lipinski definition) is 0. The van der Waals surface area contributed by atoms with Crippen LogP contribution in [0.2, 0.25) is 0 Å². The number of halogens is 1. The summed E-state index contributed by atoms with van der Waals surface area (Å²) in [6, 6.07) is 12.7. The summed E-state index contributed by atoms with van der Waals surface area (Å²) in [6.07, 6.45) is 0.818. The Labute approximate surface area is 145 Å². The average molecular weight is 335 g/mol. The van der Waals surface area contributed by atoms with Crippen molar-refractivity contribution in [1.29, 1.82) is 0 Å². The van der Waals surface area contributed by atoms with Crippen molar-refractivity contribution in [1.82, 2.24) is 5.16 Å². The molecule has 0 aliphatic rings. The molecule has 4 rings (SSSR count). The molecule has 3 nitrogen and oxygen atoms in total. The van der Waals surface area contributed by atoms with Crippen LogP contribution in [0.3, 0.4) is 0 Å². The number of nitrogens with zero attached hydrogens (tertiary/aromatic N) is 1. The van der Waals surface area contributed by atoms with Gasteiger partial charge in [-0.1, -0.05) is 24.2 Å². The van der Waals surface area contributed by atoms with E-state index in [2.05, 4.69) is 30.3 Å². The van der Waals surface area contributed by atoms with E-state index in [1.165, 1.54) is 12.1 Å². The molecule has 0 saturated heterocycles. The van der Waals surface area contributed by atoms with Gasteiger partial charge in [0.25, 0.3) is 0 Å². The summed E-state index contributed by atoms with van der Waals surface area (Å²) in [5, 5.41) is 5.08. The molecule has 0 aliphatic heterocycles. The molecule has 0 saturated carbocycles. The van der Waals surface area contributed by atoms with Crippen molar-refractivity contribution >= 4 is 11.0 Å². The van der Waals surface area contributed by atoms with E-state index in [0.717, 1.165) is 56.9 Å². The SMILES string of the molecule is CCc1cc2cc(-c3c(C)noc3C)cc(-c3ccc(F)cc3)c2o1. The Bertz CT molecular complexity index is 1040. The Morgan fingerprint density at radius 2 is 1.76 bits per heavy atom. The lowest BCUT2D eigenvalue weighted by Gasteiger charge is -2.07. The Morgan fingerprint density at radius 3 is 2.40 bits per heavy atom. The number of hydrogen-bond acceptors (Lipinski definition) is 3. The van der Waals surface area contributed by atoms with Crippen LogP contribution in [0.5, 0.6) is 0 Å². The van der Waals surface area contributed by atoms with Gasteiger partial charge in [0.15, 0.2) is 0 Å². The van der Waals surface area contributed by atoms with E-state index in [-0.39, 0.29) is 5.82 Å². The molecule has 0 atom stereocenters. The zero-order chi connectivity index (χ0) is 17.6. The van der Waals surface area contributed by atoms with Crippen LogP contribution in [-0.2, 0) is 6.42 Å².